The summed E-state index contributed by atoms with van der Waals surface area (Å²) in [5, 5.41) is 5.61. The summed E-state index contributed by atoms with van der Waals surface area (Å²) in [6.45, 7) is 0.440. The van der Waals surface area contributed by atoms with Gasteiger partial charge in [0, 0.05) is 41.7 Å². The number of nitrogens with one attached hydrogen (secondary N) is 2. The molecule has 0 bridgehead atoms. The van der Waals surface area contributed by atoms with Crippen LogP contribution in [0.15, 0.2) is 97.2 Å². The third-order valence-electron chi connectivity index (χ3n) is 5.49. The lowest BCUT2D eigenvalue weighted by molar-refractivity contribution is -0.137. The van der Waals surface area contributed by atoms with Crippen molar-refractivity contribution in [3.63, 3.8) is 0 Å². The number of anilines is 1. The lowest BCUT2D eigenvalue weighted by Gasteiger charge is -2.12. The number of alkyl halides is 3. The number of pyridine rings is 1. The average Bonchev–Trinajstić information content (AvgIpc) is 2.89. The summed E-state index contributed by atoms with van der Waals surface area (Å²) in [6, 6.07) is 23.4. The predicted molar refractivity (Wildman–Crippen MR) is 132 cm³/mol. The smallest absolute Gasteiger partial charge is 0.352 e. The number of hydrogen-bond acceptors (Lipinski definition) is 3. The van der Waals surface area contributed by atoms with Crippen LogP contribution in [0, 0.1) is 0 Å². The zero-order valence-corrected chi connectivity index (χ0v) is 19.0. The van der Waals surface area contributed by atoms with Crippen LogP contribution in [0.3, 0.4) is 0 Å². The lowest BCUT2D eigenvalue weighted by Crippen LogP contribution is -2.25. The largest absolute Gasteiger partial charge is 0.416 e. The molecule has 8 heteroatoms. The lowest BCUT2D eigenvalue weighted by atomic mass is 9.98. The Labute approximate surface area is 206 Å². The highest BCUT2D eigenvalue weighted by atomic mass is 19.4. The van der Waals surface area contributed by atoms with E-state index in [2.05, 4.69) is 15.6 Å². The van der Waals surface area contributed by atoms with Crippen molar-refractivity contribution in [1.29, 1.82) is 0 Å². The van der Waals surface area contributed by atoms with Gasteiger partial charge in [0.1, 0.15) is 0 Å². The van der Waals surface area contributed by atoms with Gasteiger partial charge in [-0.15, -0.1) is 0 Å². The first-order valence-corrected chi connectivity index (χ1v) is 11.2. The van der Waals surface area contributed by atoms with E-state index in [-0.39, 0.29) is 5.91 Å². The van der Waals surface area contributed by atoms with Crippen LogP contribution in [0.4, 0.5) is 18.9 Å². The number of rotatable bonds is 7. The van der Waals surface area contributed by atoms with Gasteiger partial charge in [0.15, 0.2) is 0 Å². The van der Waals surface area contributed by atoms with Crippen LogP contribution in [0.1, 0.15) is 32.0 Å². The summed E-state index contributed by atoms with van der Waals surface area (Å²) in [7, 11) is 0. The number of aromatic nitrogens is 1. The molecule has 0 aliphatic rings. The Morgan fingerprint density at radius 3 is 2.14 bits per heavy atom. The summed E-state index contributed by atoms with van der Waals surface area (Å²) in [5.74, 6) is -0.658. The van der Waals surface area contributed by atoms with Crippen molar-refractivity contribution >= 4 is 17.5 Å². The molecular weight excluding hydrogens is 467 g/mol. The van der Waals surface area contributed by atoms with Gasteiger partial charge in [-0.05, 0) is 65.7 Å². The van der Waals surface area contributed by atoms with Gasteiger partial charge in [-0.1, -0.05) is 36.4 Å². The second-order valence-electron chi connectivity index (χ2n) is 7.98. The third-order valence-corrected chi connectivity index (χ3v) is 5.49. The van der Waals surface area contributed by atoms with E-state index in [1.807, 2.05) is 18.2 Å². The number of carbonyl (C=O) groups is 2. The van der Waals surface area contributed by atoms with Gasteiger partial charge in [0.25, 0.3) is 11.8 Å². The molecule has 0 saturated heterocycles. The van der Waals surface area contributed by atoms with E-state index in [4.69, 9.17) is 0 Å². The molecule has 0 aliphatic heterocycles. The summed E-state index contributed by atoms with van der Waals surface area (Å²) in [6.07, 6.45) is -2.12. The Balaban J connectivity index is 1.40. The van der Waals surface area contributed by atoms with E-state index in [0.29, 0.717) is 40.9 Å². The van der Waals surface area contributed by atoms with Gasteiger partial charge < -0.3 is 10.6 Å². The molecule has 0 fully saturated rings. The molecule has 0 saturated carbocycles. The first-order valence-electron chi connectivity index (χ1n) is 11.2. The minimum absolute atomic E-state index is 0.239. The Morgan fingerprint density at radius 2 is 1.47 bits per heavy atom. The molecular formula is C28H22F3N3O2. The Kier molecular flexibility index (Phi) is 7.44. The van der Waals surface area contributed by atoms with Crippen molar-refractivity contribution in [3.8, 4) is 11.1 Å². The number of benzene rings is 3. The minimum atomic E-state index is -4.43. The SMILES string of the molecule is O=C(NCCc1ccccn1)c1ccc(NC(=O)c2ccccc2-c2ccc(C(F)(F)F)cc2)cc1. The number of carbonyl (C=O) groups excluding carboxylic acids is 2. The summed E-state index contributed by atoms with van der Waals surface area (Å²) in [5.41, 5.74) is 2.36. The average molecular weight is 489 g/mol. The Morgan fingerprint density at radius 1 is 0.778 bits per heavy atom. The first-order chi connectivity index (χ1) is 17.3. The highest BCUT2D eigenvalue weighted by molar-refractivity contribution is 6.09. The molecule has 0 aliphatic carbocycles. The molecule has 0 atom stereocenters. The van der Waals surface area contributed by atoms with Gasteiger partial charge in [-0.25, -0.2) is 0 Å². The van der Waals surface area contributed by atoms with Crippen molar-refractivity contribution in [1.82, 2.24) is 10.3 Å². The Hall–Kier alpha value is -4.46. The minimum Gasteiger partial charge on any atom is -0.352 e. The molecule has 36 heavy (non-hydrogen) atoms. The molecule has 1 aromatic heterocycles. The maximum absolute atomic E-state index is 13.0. The zero-order valence-electron chi connectivity index (χ0n) is 19.0. The van der Waals surface area contributed by atoms with Gasteiger partial charge in [0.2, 0.25) is 0 Å². The number of amides is 2. The molecule has 0 radical (unpaired) electrons. The first kappa shape index (κ1) is 24.7. The van der Waals surface area contributed by atoms with Gasteiger partial charge in [-0.3, -0.25) is 14.6 Å². The fourth-order valence-corrected chi connectivity index (χ4v) is 3.63. The van der Waals surface area contributed by atoms with Crippen LogP contribution in [0.25, 0.3) is 11.1 Å². The molecule has 2 N–H and O–H groups in total. The third kappa shape index (κ3) is 6.15. The second-order valence-corrected chi connectivity index (χ2v) is 7.98. The predicted octanol–water partition coefficient (Wildman–Crippen LogP) is 5.99. The fraction of sp³-hybridized carbons (Fsp3) is 0.107. The maximum atomic E-state index is 13.0. The second kappa shape index (κ2) is 10.9. The maximum Gasteiger partial charge on any atom is 0.416 e. The highest BCUT2D eigenvalue weighted by Gasteiger charge is 2.30. The summed E-state index contributed by atoms with van der Waals surface area (Å²) in [4.78, 5) is 29.6. The molecule has 0 unspecified atom stereocenters. The van der Waals surface area contributed by atoms with E-state index in [9.17, 15) is 22.8 Å². The Bertz CT molecular complexity index is 1340. The van der Waals surface area contributed by atoms with Crippen molar-refractivity contribution in [2.24, 2.45) is 0 Å². The molecule has 5 nitrogen and oxygen atoms in total. The van der Waals surface area contributed by atoms with Crippen LogP contribution in [-0.4, -0.2) is 23.3 Å². The topological polar surface area (TPSA) is 71.1 Å². The van der Waals surface area contributed by atoms with Gasteiger partial charge in [0.05, 0.1) is 5.56 Å². The number of halogens is 3. The van der Waals surface area contributed by atoms with E-state index >= 15 is 0 Å². The molecule has 3 aromatic carbocycles. The van der Waals surface area contributed by atoms with E-state index in [1.54, 1.807) is 54.7 Å². The monoisotopic (exact) mass is 489 g/mol. The molecule has 1 heterocycles. The van der Waals surface area contributed by atoms with E-state index in [0.717, 1.165) is 17.8 Å². The normalized spacial score (nSPS) is 11.1. The van der Waals surface area contributed by atoms with Crippen molar-refractivity contribution in [3.05, 3.63) is 120 Å². The van der Waals surface area contributed by atoms with Crippen LogP contribution < -0.4 is 10.6 Å². The van der Waals surface area contributed by atoms with E-state index < -0.39 is 17.6 Å². The summed E-state index contributed by atoms with van der Waals surface area (Å²) < 4.78 is 38.7. The zero-order chi connectivity index (χ0) is 25.5. The van der Waals surface area contributed by atoms with Gasteiger partial charge >= 0.3 is 6.18 Å². The van der Waals surface area contributed by atoms with Crippen LogP contribution >= 0.6 is 0 Å². The van der Waals surface area contributed by atoms with E-state index in [1.165, 1.54) is 12.1 Å². The van der Waals surface area contributed by atoms with Crippen molar-refractivity contribution in [2.75, 3.05) is 11.9 Å². The molecule has 182 valence electrons. The van der Waals surface area contributed by atoms with Crippen molar-refractivity contribution in [2.45, 2.75) is 12.6 Å². The number of nitrogens with zero attached hydrogens (tertiary/aromatic N) is 1. The highest BCUT2D eigenvalue weighted by Crippen LogP contribution is 2.32. The van der Waals surface area contributed by atoms with Crippen LogP contribution in [-0.2, 0) is 12.6 Å². The quantitative estimate of drug-likeness (QED) is 0.335. The number of hydrogen-bond donors (Lipinski definition) is 2. The molecule has 4 rings (SSSR count). The van der Waals surface area contributed by atoms with Crippen LogP contribution in [0.2, 0.25) is 0 Å². The van der Waals surface area contributed by atoms with Crippen molar-refractivity contribution < 1.29 is 22.8 Å². The molecule has 0 spiro atoms. The molecule has 2 amide bonds. The van der Waals surface area contributed by atoms with Crippen LogP contribution in [0.5, 0.6) is 0 Å². The van der Waals surface area contributed by atoms with Gasteiger partial charge in [-0.2, -0.15) is 13.2 Å². The fourth-order valence-electron chi connectivity index (χ4n) is 3.63. The molecule has 4 aromatic rings. The standard InChI is InChI=1S/C28H22F3N3O2/c29-28(30,31)21-12-8-19(9-13-21)24-6-1-2-7-25(24)27(36)34-23-14-10-20(11-15-23)26(35)33-18-16-22-5-3-4-17-32-22/h1-15,17H,16,18H2,(H,33,35)(H,34,36). The summed E-state index contributed by atoms with van der Waals surface area (Å²) >= 11 is 0.